The summed E-state index contributed by atoms with van der Waals surface area (Å²) in [5.74, 6) is 1.52. The van der Waals surface area contributed by atoms with E-state index in [0.29, 0.717) is 42.7 Å². The van der Waals surface area contributed by atoms with Gasteiger partial charge in [0, 0.05) is 19.2 Å². The molecule has 1 N–H and O–H groups in total. The van der Waals surface area contributed by atoms with Crippen LogP contribution in [-0.4, -0.2) is 45.6 Å². The number of rotatable bonds is 6. The molecule has 1 fully saturated rings. The zero-order valence-corrected chi connectivity index (χ0v) is 13.0. The molecule has 0 atom stereocenters. The van der Waals surface area contributed by atoms with Crippen molar-refractivity contribution >= 4 is 11.9 Å². The van der Waals surface area contributed by atoms with Gasteiger partial charge >= 0.3 is 0 Å². The SMILES string of the molecule is COCCOC(=NCC1CC1)NC(=O)c1ccc2c(c1)OCO2. The number of ether oxygens (including phenoxy) is 4. The maximum absolute atomic E-state index is 12.3. The Labute approximate surface area is 134 Å². The van der Waals surface area contributed by atoms with E-state index in [1.807, 2.05) is 0 Å². The molecule has 0 spiro atoms. The molecule has 1 heterocycles. The van der Waals surface area contributed by atoms with Crippen molar-refractivity contribution < 1.29 is 23.7 Å². The minimum absolute atomic E-state index is 0.175. The van der Waals surface area contributed by atoms with Crippen LogP contribution in [0.15, 0.2) is 23.2 Å². The minimum Gasteiger partial charge on any atom is -0.463 e. The molecule has 1 aromatic carbocycles. The number of benzene rings is 1. The highest BCUT2D eigenvalue weighted by molar-refractivity contribution is 6.04. The largest absolute Gasteiger partial charge is 0.463 e. The van der Waals surface area contributed by atoms with E-state index < -0.39 is 0 Å². The van der Waals surface area contributed by atoms with Crippen LogP contribution in [0.3, 0.4) is 0 Å². The van der Waals surface area contributed by atoms with Crippen LogP contribution in [-0.2, 0) is 9.47 Å². The number of methoxy groups -OCH3 is 1. The van der Waals surface area contributed by atoms with Gasteiger partial charge in [0.15, 0.2) is 11.5 Å². The van der Waals surface area contributed by atoms with Crippen LogP contribution in [0, 0.1) is 5.92 Å². The van der Waals surface area contributed by atoms with E-state index in [1.165, 1.54) is 12.8 Å². The van der Waals surface area contributed by atoms with Gasteiger partial charge in [0.05, 0.1) is 6.61 Å². The Hall–Kier alpha value is -2.28. The fourth-order valence-corrected chi connectivity index (χ4v) is 2.06. The number of amidine groups is 1. The summed E-state index contributed by atoms with van der Waals surface area (Å²) in [5.41, 5.74) is 0.462. The first-order valence-corrected chi connectivity index (χ1v) is 7.63. The molecule has 1 amide bonds. The van der Waals surface area contributed by atoms with Gasteiger partial charge in [-0.25, -0.2) is 4.99 Å². The summed E-state index contributed by atoms with van der Waals surface area (Å²) < 4.78 is 20.9. The van der Waals surface area contributed by atoms with Crippen molar-refractivity contribution in [3.63, 3.8) is 0 Å². The molecule has 0 saturated heterocycles. The van der Waals surface area contributed by atoms with E-state index >= 15 is 0 Å². The third-order valence-electron chi connectivity index (χ3n) is 3.57. The van der Waals surface area contributed by atoms with Crippen molar-refractivity contribution in [3.8, 4) is 11.5 Å². The van der Waals surface area contributed by atoms with Crippen molar-refractivity contribution in [3.05, 3.63) is 23.8 Å². The third kappa shape index (κ3) is 4.35. The Balaban J connectivity index is 1.62. The van der Waals surface area contributed by atoms with Crippen LogP contribution in [0.25, 0.3) is 0 Å². The van der Waals surface area contributed by atoms with Crippen LogP contribution in [0.5, 0.6) is 11.5 Å². The lowest BCUT2D eigenvalue weighted by Gasteiger charge is -2.11. The Bertz CT molecular complexity index is 598. The third-order valence-corrected chi connectivity index (χ3v) is 3.57. The van der Waals surface area contributed by atoms with Gasteiger partial charge in [-0.05, 0) is 37.0 Å². The van der Waals surface area contributed by atoms with Gasteiger partial charge in [-0.3, -0.25) is 10.1 Å². The number of nitrogens with one attached hydrogen (secondary N) is 1. The van der Waals surface area contributed by atoms with Crippen LogP contribution in [0.4, 0.5) is 0 Å². The van der Waals surface area contributed by atoms with Gasteiger partial charge < -0.3 is 18.9 Å². The standard InChI is InChI=1S/C16H20N2O5/c1-20-6-7-21-16(17-9-11-2-3-11)18-15(19)12-4-5-13-14(8-12)23-10-22-13/h4-5,8,11H,2-3,6-7,9-10H2,1H3,(H,17,18,19). The Morgan fingerprint density at radius 2 is 2.13 bits per heavy atom. The average molecular weight is 320 g/mol. The first-order valence-electron chi connectivity index (χ1n) is 7.63. The van der Waals surface area contributed by atoms with Crippen LogP contribution >= 0.6 is 0 Å². The molecule has 0 unspecified atom stereocenters. The second kappa shape index (κ2) is 7.32. The maximum Gasteiger partial charge on any atom is 0.291 e. The van der Waals surface area contributed by atoms with E-state index in [-0.39, 0.29) is 18.7 Å². The number of carbonyl (C=O) groups excluding carboxylic acids is 1. The smallest absolute Gasteiger partial charge is 0.291 e. The molecular formula is C16H20N2O5. The predicted octanol–water partition coefficient (Wildman–Crippen LogP) is 1.57. The highest BCUT2D eigenvalue weighted by Crippen LogP contribution is 2.32. The lowest BCUT2D eigenvalue weighted by Crippen LogP contribution is -2.33. The van der Waals surface area contributed by atoms with Crippen molar-refractivity contribution in [1.29, 1.82) is 0 Å². The maximum atomic E-state index is 12.3. The molecule has 124 valence electrons. The first kappa shape index (κ1) is 15.6. The molecule has 7 heteroatoms. The van der Waals surface area contributed by atoms with Crippen molar-refractivity contribution in [1.82, 2.24) is 5.32 Å². The molecular weight excluding hydrogens is 300 g/mol. The summed E-state index contributed by atoms with van der Waals surface area (Å²) in [6.45, 7) is 1.61. The van der Waals surface area contributed by atoms with Crippen molar-refractivity contribution in [2.75, 3.05) is 33.7 Å². The van der Waals surface area contributed by atoms with Gasteiger partial charge in [0.1, 0.15) is 6.61 Å². The number of aliphatic imine (C=N–C) groups is 1. The zero-order chi connectivity index (χ0) is 16.1. The van der Waals surface area contributed by atoms with Crippen LogP contribution in [0.1, 0.15) is 23.2 Å². The zero-order valence-electron chi connectivity index (χ0n) is 13.0. The van der Waals surface area contributed by atoms with Crippen molar-refractivity contribution in [2.24, 2.45) is 10.9 Å². The van der Waals surface area contributed by atoms with E-state index in [1.54, 1.807) is 25.3 Å². The molecule has 1 saturated carbocycles. The highest BCUT2D eigenvalue weighted by Gasteiger charge is 2.22. The monoisotopic (exact) mass is 320 g/mol. The van der Waals surface area contributed by atoms with Crippen LogP contribution < -0.4 is 14.8 Å². The summed E-state index contributed by atoms with van der Waals surface area (Å²) >= 11 is 0. The van der Waals surface area contributed by atoms with E-state index in [9.17, 15) is 4.79 Å². The number of hydrogen-bond donors (Lipinski definition) is 1. The molecule has 1 aromatic rings. The second-order valence-corrected chi connectivity index (χ2v) is 5.45. The molecule has 23 heavy (non-hydrogen) atoms. The number of amides is 1. The molecule has 0 aromatic heterocycles. The lowest BCUT2D eigenvalue weighted by molar-refractivity contribution is 0.0953. The molecule has 1 aliphatic heterocycles. The quantitative estimate of drug-likeness (QED) is 0.489. The molecule has 3 rings (SSSR count). The summed E-state index contributed by atoms with van der Waals surface area (Å²) in [5, 5.41) is 2.70. The highest BCUT2D eigenvalue weighted by atomic mass is 16.7. The van der Waals surface area contributed by atoms with Gasteiger partial charge in [0.25, 0.3) is 11.9 Å². The second-order valence-electron chi connectivity index (χ2n) is 5.45. The summed E-state index contributed by atoms with van der Waals surface area (Å²) in [4.78, 5) is 16.7. The molecule has 2 aliphatic rings. The Morgan fingerprint density at radius 1 is 1.30 bits per heavy atom. The molecule has 0 bridgehead atoms. The summed E-state index contributed by atoms with van der Waals surface area (Å²) in [6, 6.07) is 5.27. The van der Waals surface area contributed by atoms with Gasteiger partial charge in [0.2, 0.25) is 6.79 Å². The number of nitrogens with zero attached hydrogens (tertiary/aromatic N) is 1. The Morgan fingerprint density at radius 3 is 2.91 bits per heavy atom. The number of fused-ring (bicyclic) bond motifs is 1. The van der Waals surface area contributed by atoms with Gasteiger partial charge in [-0.1, -0.05) is 0 Å². The number of carbonyl (C=O) groups is 1. The lowest BCUT2D eigenvalue weighted by atomic mass is 10.2. The van der Waals surface area contributed by atoms with E-state index in [0.717, 1.165) is 0 Å². The normalized spacial score (nSPS) is 16.3. The van der Waals surface area contributed by atoms with E-state index in [2.05, 4.69) is 10.3 Å². The van der Waals surface area contributed by atoms with Crippen molar-refractivity contribution in [2.45, 2.75) is 12.8 Å². The molecule has 1 aliphatic carbocycles. The predicted molar refractivity (Wildman–Crippen MR) is 82.9 cm³/mol. The molecule has 0 radical (unpaired) electrons. The fraction of sp³-hybridized carbons (Fsp3) is 0.500. The van der Waals surface area contributed by atoms with Gasteiger partial charge in [-0.2, -0.15) is 0 Å². The van der Waals surface area contributed by atoms with Gasteiger partial charge in [-0.15, -0.1) is 0 Å². The fourth-order valence-electron chi connectivity index (χ4n) is 2.06. The topological polar surface area (TPSA) is 78.4 Å². The summed E-state index contributed by atoms with van der Waals surface area (Å²) in [6.07, 6.45) is 2.37. The Kier molecular flexibility index (Phi) is 4.97. The molecule has 7 nitrogen and oxygen atoms in total. The van der Waals surface area contributed by atoms with Crippen LogP contribution in [0.2, 0.25) is 0 Å². The average Bonchev–Trinajstić information content (AvgIpc) is 3.27. The van der Waals surface area contributed by atoms with E-state index in [4.69, 9.17) is 18.9 Å². The summed E-state index contributed by atoms with van der Waals surface area (Å²) in [7, 11) is 1.59. The number of hydrogen-bond acceptors (Lipinski definition) is 6. The minimum atomic E-state index is -0.296. The first-order chi connectivity index (χ1) is 11.3.